The predicted molar refractivity (Wildman–Crippen MR) is 84.0 cm³/mol. The molecule has 21 heavy (non-hydrogen) atoms. The van der Waals surface area contributed by atoms with Gasteiger partial charge in [-0.2, -0.15) is 5.26 Å². The second-order valence-electron chi connectivity index (χ2n) is 6.50. The summed E-state index contributed by atoms with van der Waals surface area (Å²) in [5.41, 5.74) is 1.79. The largest absolute Gasteiger partial charge is 0.385 e. The van der Waals surface area contributed by atoms with Gasteiger partial charge in [0.15, 0.2) is 0 Å². The number of rotatable bonds is 7. The van der Waals surface area contributed by atoms with Gasteiger partial charge < -0.3 is 10.6 Å². The van der Waals surface area contributed by atoms with Crippen LogP contribution in [-0.2, 0) is 0 Å². The number of benzene rings is 1. The Morgan fingerprint density at radius 1 is 1.33 bits per heavy atom. The fourth-order valence-electron chi connectivity index (χ4n) is 2.06. The van der Waals surface area contributed by atoms with Crippen LogP contribution in [-0.4, -0.2) is 18.5 Å². The minimum Gasteiger partial charge on any atom is -0.385 e. The van der Waals surface area contributed by atoms with Crippen molar-refractivity contribution in [3.63, 3.8) is 0 Å². The Morgan fingerprint density at radius 2 is 2.00 bits per heavy atom. The highest BCUT2D eigenvalue weighted by Gasteiger charge is 2.23. The fraction of sp³-hybridized carbons (Fsp3) is 0.529. The third-order valence-corrected chi connectivity index (χ3v) is 3.74. The van der Waals surface area contributed by atoms with Gasteiger partial charge in [0.25, 0.3) is 5.91 Å². The molecule has 2 N–H and O–H groups in total. The van der Waals surface area contributed by atoms with Gasteiger partial charge in [-0.05, 0) is 48.9 Å². The summed E-state index contributed by atoms with van der Waals surface area (Å²) in [7, 11) is 0. The molecule has 2 rings (SSSR count). The van der Waals surface area contributed by atoms with Crippen molar-refractivity contribution in [1.29, 1.82) is 5.26 Å². The highest BCUT2D eigenvalue weighted by Crippen LogP contribution is 2.23. The molecule has 4 heteroatoms. The molecule has 1 saturated carbocycles. The molecular formula is C17H23N3O. The number of carbonyl (C=O) groups excluding carboxylic acids is 1. The molecule has 0 aromatic heterocycles. The van der Waals surface area contributed by atoms with Crippen molar-refractivity contribution < 1.29 is 4.79 Å². The number of amides is 1. The average molecular weight is 285 g/mol. The maximum Gasteiger partial charge on any atom is 0.251 e. The van der Waals surface area contributed by atoms with E-state index in [1.165, 1.54) is 0 Å². The monoisotopic (exact) mass is 285 g/mol. The molecule has 1 amide bonds. The van der Waals surface area contributed by atoms with Crippen LogP contribution in [0.25, 0.3) is 0 Å². The Balaban J connectivity index is 1.84. The zero-order valence-electron chi connectivity index (χ0n) is 12.8. The van der Waals surface area contributed by atoms with Crippen LogP contribution in [0.1, 0.15) is 49.9 Å². The molecule has 1 aromatic rings. The summed E-state index contributed by atoms with van der Waals surface area (Å²) in [4.78, 5) is 11.9. The maximum atomic E-state index is 11.9. The van der Waals surface area contributed by atoms with Gasteiger partial charge in [0.1, 0.15) is 0 Å². The molecule has 0 aliphatic heterocycles. The van der Waals surface area contributed by atoms with E-state index in [0.717, 1.165) is 31.5 Å². The second kappa shape index (κ2) is 6.62. The number of carbonyl (C=O) groups is 1. The van der Waals surface area contributed by atoms with Gasteiger partial charge in [0.05, 0.1) is 6.07 Å². The summed E-state index contributed by atoms with van der Waals surface area (Å²) in [6.07, 6.45) is 3.65. The van der Waals surface area contributed by atoms with Crippen molar-refractivity contribution in [2.45, 2.75) is 45.6 Å². The number of anilines is 1. The van der Waals surface area contributed by atoms with E-state index >= 15 is 0 Å². The summed E-state index contributed by atoms with van der Waals surface area (Å²) in [6, 6.07) is 10.1. The highest BCUT2D eigenvalue weighted by molar-refractivity contribution is 5.94. The first-order valence-electron chi connectivity index (χ1n) is 7.52. The van der Waals surface area contributed by atoms with Crippen molar-refractivity contribution in [1.82, 2.24) is 5.32 Å². The lowest BCUT2D eigenvalue weighted by Crippen LogP contribution is -2.25. The summed E-state index contributed by atoms with van der Waals surface area (Å²) in [5, 5.41) is 15.0. The third-order valence-electron chi connectivity index (χ3n) is 3.74. The van der Waals surface area contributed by atoms with Gasteiger partial charge in [0.2, 0.25) is 0 Å². The topological polar surface area (TPSA) is 64.9 Å². The van der Waals surface area contributed by atoms with Crippen LogP contribution < -0.4 is 10.6 Å². The first kappa shape index (κ1) is 15.4. The van der Waals surface area contributed by atoms with E-state index in [2.05, 4.69) is 30.6 Å². The molecule has 0 radical (unpaired) electrons. The number of hydrogen-bond acceptors (Lipinski definition) is 3. The van der Waals surface area contributed by atoms with Crippen LogP contribution in [0.4, 0.5) is 5.69 Å². The highest BCUT2D eigenvalue weighted by atomic mass is 16.1. The summed E-state index contributed by atoms with van der Waals surface area (Å²) in [5.74, 6) is 0.0124. The van der Waals surface area contributed by atoms with Crippen LogP contribution in [0.15, 0.2) is 24.3 Å². The van der Waals surface area contributed by atoms with Crippen molar-refractivity contribution >= 4 is 11.6 Å². The van der Waals surface area contributed by atoms with Gasteiger partial charge in [0, 0.05) is 30.3 Å². The summed E-state index contributed by atoms with van der Waals surface area (Å²) in [6.45, 7) is 5.10. The van der Waals surface area contributed by atoms with Crippen molar-refractivity contribution in [2.75, 3.05) is 11.9 Å². The zero-order valence-corrected chi connectivity index (χ0v) is 12.8. The van der Waals surface area contributed by atoms with Crippen LogP contribution in [0.5, 0.6) is 0 Å². The lowest BCUT2D eigenvalue weighted by molar-refractivity contribution is 0.0951. The third kappa shape index (κ3) is 5.11. The zero-order chi connectivity index (χ0) is 15.3. The first-order valence-corrected chi connectivity index (χ1v) is 7.52. The van der Waals surface area contributed by atoms with Gasteiger partial charge in [-0.1, -0.05) is 13.8 Å². The quantitative estimate of drug-likeness (QED) is 0.807. The normalized spacial score (nSPS) is 14.3. The molecule has 4 nitrogen and oxygen atoms in total. The van der Waals surface area contributed by atoms with E-state index in [4.69, 9.17) is 5.26 Å². The molecule has 0 heterocycles. The summed E-state index contributed by atoms with van der Waals surface area (Å²) >= 11 is 0. The molecular weight excluding hydrogens is 262 g/mol. The average Bonchev–Trinajstić information content (AvgIpc) is 3.27. The number of nitrogens with zero attached hydrogens (tertiary/aromatic N) is 1. The van der Waals surface area contributed by atoms with Crippen LogP contribution in [0, 0.1) is 16.7 Å². The number of hydrogen-bond donors (Lipinski definition) is 2. The van der Waals surface area contributed by atoms with E-state index in [1.54, 1.807) is 0 Å². The van der Waals surface area contributed by atoms with Gasteiger partial charge in [-0.15, -0.1) is 0 Å². The maximum absolute atomic E-state index is 11.9. The molecule has 1 aromatic carbocycles. The Morgan fingerprint density at radius 3 is 2.57 bits per heavy atom. The lowest BCUT2D eigenvalue weighted by atomic mass is 9.88. The Kier molecular flexibility index (Phi) is 4.85. The van der Waals surface area contributed by atoms with Gasteiger partial charge in [-0.3, -0.25) is 4.79 Å². The van der Waals surface area contributed by atoms with E-state index in [1.807, 2.05) is 24.3 Å². The van der Waals surface area contributed by atoms with Crippen LogP contribution in [0.3, 0.4) is 0 Å². The Labute approximate surface area is 126 Å². The van der Waals surface area contributed by atoms with E-state index in [-0.39, 0.29) is 11.3 Å². The minimum atomic E-state index is 0.0124. The first-order chi connectivity index (χ1) is 10.00. The van der Waals surface area contributed by atoms with E-state index in [9.17, 15) is 4.79 Å². The molecule has 1 aliphatic carbocycles. The molecule has 0 bridgehead atoms. The molecule has 1 aliphatic rings. The SMILES string of the molecule is CC(C)(CCC#N)CNc1ccc(C(=O)NC2CC2)cc1. The van der Waals surface area contributed by atoms with E-state index in [0.29, 0.717) is 18.0 Å². The van der Waals surface area contributed by atoms with Crippen LogP contribution >= 0.6 is 0 Å². The van der Waals surface area contributed by atoms with Crippen molar-refractivity contribution in [3.05, 3.63) is 29.8 Å². The molecule has 1 fully saturated rings. The minimum absolute atomic E-state index is 0.0124. The molecule has 112 valence electrons. The molecule has 0 atom stereocenters. The smallest absolute Gasteiger partial charge is 0.251 e. The Bertz CT molecular complexity index is 524. The predicted octanol–water partition coefficient (Wildman–Crippen LogP) is 3.32. The van der Waals surface area contributed by atoms with Crippen LogP contribution in [0.2, 0.25) is 0 Å². The molecule has 0 spiro atoms. The standard InChI is InChI=1S/C17H23N3O/c1-17(2,10-3-11-18)12-19-14-6-4-13(5-7-14)16(21)20-15-8-9-15/h4-7,15,19H,3,8-10,12H2,1-2H3,(H,20,21). The second-order valence-corrected chi connectivity index (χ2v) is 6.50. The fourth-order valence-corrected chi connectivity index (χ4v) is 2.06. The molecule has 0 unspecified atom stereocenters. The molecule has 0 saturated heterocycles. The summed E-state index contributed by atoms with van der Waals surface area (Å²) < 4.78 is 0. The lowest BCUT2D eigenvalue weighted by Gasteiger charge is -2.24. The van der Waals surface area contributed by atoms with E-state index < -0.39 is 0 Å². The van der Waals surface area contributed by atoms with Gasteiger partial charge in [-0.25, -0.2) is 0 Å². The number of nitrogens with one attached hydrogen (secondary N) is 2. The van der Waals surface area contributed by atoms with Crippen molar-refractivity contribution in [3.8, 4) is 6.07 Å². The number of nitriles is 1. The van der Waals surface area contributed by atoms with Gasteiger partial charge >= 0.3 is 0 Å². The van der Waals surface area contributed by atoms with Crippen molar-refractivity contribution in [2.24, 2.45) is 5.41 Å². The Hall–Kier alpha value is -2.02.